The first-order valence-electron chi connectivity index (χ1n) is 15.8. The average Bonchev–Trinajstić information content (AvgIpc) is 3.04. The normalized spacial score (nSPS) is 11.6. The fourth-order valence-corrected chi connectivity index (χ4v) is 6.26. The maximum Gasteiger partial charge on any atom is 0.0283 e. The van der Waals surface area contributed by atoms with Crippen molar-refractivity contribution in [3.63, 3.8) is 0 Å². The highest BCUT2D eigenvalue weighted by Crippen LogP contribution is 2.33. The lowest BCUT2D eigenvalue weighted by atomic mass is 9.84. The molecule has 0 amide bonds. The molecule has 282 valence electrons. The molecule has 0 aliphatic heterocycles. The van der Waals surface area contributed by atoms with Crippen LogP contribution in [-0.2, 0) is 11.8 Å². The predicted molar refractivity (Wildman–Crippen MR) is 238 cm³/mol. The van der Waals surface area contributed by atoms with Crippen LogP contribution in [0.25, 0.3) is 0 Å². The molecule has 0 aromatic heterocycles. The van der Waals surface area contributed by atoms with Crippen molar-refractivity contribution in [1.82, 2.24) is 0 Å². The Morgan fingerprint density at radius 3 is 1.04 bits per heavy atom. The van der Waals surface area contributed by atoms with Crippen molar-refractivity contribution >= 4 is 15.9 Å². The van der Waals surface area contributed by atoms with Crippen LogP contribution in [0.5, 0.6) is 0 Å². The van der Waals surface area contributed by atoms with E-state index in [-0.39, 0.29) is 59.4 Å². The molecule has 0 saturated carbocycles. The Kier molecular flexibility index (Phi) is 38.9. The summed E-state index contributed by atoms with van der Waals surface area (Å²) in [5.41, 5.74) is 8.68. The minimum Gasteiger partial charge on any atom is -0.0876 e. The number of alkyl halides is 1. The van der Waals surface area contributed by atoms with E-state index in [0.29, 0.717) is 23.7 Å². The number of hydrogen-bond acceptors (Lipinski definition) is 0. The van der Waals surface area contributed by atoms with E-state index in [0.717, 1.165) is 5.33 Å². The molecule has 0 bridgehead atoms. The number of hydrogen-bond donors (Lipinski definition) is 0. The van der Waals surface area contributed by atoms with Crippen molar-refractivity contribution < 1.29 is 0 Å². The second kappa shape index (κ2) is 32.6. The second-order valence-electron chi connectivity index (χ2n) is 11.7. The third-order valence-corrected chi connectivity index (χ3v) is 9.24. The first-order valence-corrected chi connectivity index (χ1v) is 16.9. The maximum atomic E-state index is 3.50. The Morgan fingerprint density at radius 1 is 0.429 bits per heavy atom. The highest BCUT2D eigenvalue weighted by molar-refractivity contribution is 9.08. The minimum absolute atomic E-state index is 0. The molecular formula is C48H83Br. The van der Waals surface area contributed by atoms with Gasteiger partial charge in [-0.25, -0.2) is 0 Å². The highest BCUT2D eigenvalue weighted by atomic mass is 79.9. The van der Waals surface area contributed by atoms with Gasteiger partial charge in [0.05, 0.1) is 0 Å². The lowest BCUT2D eigenvalue weighted by Crippen LogP contribution is -2.03. The van der Waals surface area contributed by atoms with Gasteiger partial charge < -0.3 is 0 Å². The summed E-state index contributed by atoms with van der Waals surface area (Å²) in [7, 11) is 0. The van der Waals surface area contributed by atoms with Crippen molar-refractivity contribution in [3.8, 4) is 0 Å². The molecule has 1 heteroatoms. The molecule has 0 N–H and O–H groups in total. The Hall–Kier alpha value is -2.64. The van der Waals surface area contributed by atoms with Gasteiger partial charge in [0.25, 0.3) is 0 Å². The molecule has 0 aliphatic rings. The number of rotatable bonds is 13. The molecular weight excluding hydrogens is 656 g/mol. The fraction of sp³-hybridized carbons (Fsp3) is 0.500. The van der Waals surface area contributed by atoms with E-state index in [1.54, 1.807) is 0 Å². The molecule has 0 fully saturated rings. The van der Waals surface area contributed by atoms with E-state index in [1.807, 2.05) is 0 Å². The first-order chi connectivity index (χ1) is 20.0. The van der Waals surface area contributed by atoms with Gasteiger partial charge in [0.2, 0.25) is 0 Å². The van der Waals surface area contributed by atoms with E-state index >= 15 is 0 Å². The van der Waals surface area contributed by atoms with Crippen LogP contribution < -0.4 is 0 Å². The molecule has 4 aromatic rings. The van der Waals surface area contributed by atoms with Crippen LogP contribution in [0.4, 0.5) is 0 Å². The zero-order chi connectivity index (χ0) is 29.5. The third kappa shape index (κ3) is 19.4. The average molecular weight is 740 g/mol. The van der Waals surface area contributed by atoms with Crippen molar-refractivity contribution in [2.75, 3.05) is 0 Å². The monoisotopic (exact) mass is 739 g/mol. The molecule has 4 unspecified atom stereocenters. The summed E-state index contributed by atoms with van der Waals surface area (Å²) in [4.78, 5) is 0. The van der Waals surface area contributed by atoms with Gasteiger partial charge in [0.15, 0.2) is 0 Å². The summed E-state index contributed by atoms with van der Waals surface area (Å²) >= 11 is 3.50. The number of aryl methyl sites for hydroxylation is 1. The minimum atomic E-state index is 0. The topological polar surface area (TPSA) is 0 Å². The van der Waals surface area contributed by atoms with Gasteiger partial charge in [-0.05, 0) is 89.2 Å². The lowest BCUT2D eigenvalue weighted by molar-refractivity contribution is 0.544. The summed E-state index contributed by atoms with van der Waals surface area (Å²) in [5.74, 6) is 2.54. The van der Waals surface area contributed by atoms with E-state index in [4.69, 9.17) is 0 Å². The SMILES string of the molecule is C.C.C.C.C.C.C.C.CCC(CC(C)c1ccc(CBr)cc1)c1ccccc1.CCCc1ccc(C(C)CC(CC)c2ccccc2)cc1. The van der Waals surface area contributed by atoms with Gasteiger partial charge in [0, 0.05) is 5.33 Å². The van der Waals surface area contributed by atoms with Crippen LogP contribution in [-0.4, -0.2) is 0 Å². The van der Waals surface area contributed by atoms with Gasteiger partial charge in [-0.1, -0.05) is 226 Å². The van der Waals surface area contributed by atoms with Crippen molar-refractivity contribution in [2.24, 2.45) is 0 Å². The van der Waals surface area contributed by atoms with Crippen LogP contribution in [0.2, 0.25) is 0 Å². The molecule has 49 heavy (non-hydrogen) atoms. The molecule has 4 atom stereocenters. The maximum absolute atomic E-state index is 3.50. The molecule has 0 heterocycles. The Labute approximate surface area is 318 Å². The highest BCUT2D eigenvalue weighted by Gasteiger charge is 2.16. The molecule has 4 rings (SSSR count). The van der Waals surface area contributed by atoms with Gasteiger partial charge in [-0.2, -0.15) is 0 Å². The van der Waals surface area contributed by atoms with Crippen molar-refractivity contribution in [3.05, 3.63) is 143 Å². The molecule has 0 spiro atoms. The molecule has 0 radical (unpaired) electrons. The molecule has 0 nitrogen and oxygen atoms in total. The van der Waals surface area contributed by atoms with Gasteiger partial charge in [-0.15, -0.1) is 0 Å². The van der Waals surface area contributed by atoms with Crippen LogP contribution in [0.3, 0.4) is 0 Å². The standard InChI is InChI=1S/C21H28.C19H23Br.8CH4/c1-4-9-18-12-14-20(15-13-18)17(3)16-19(5-2)21-10-7-6-8-11-21;1-3-17(19-7-5-4-6-8-19)13-15(2)18-11-9-16(14-20)10-12-18;;;;;;;;/h6-8,10-15,17,19H,4-5,9,16H2,1-3H3;4-12,15,17H,3,13-14H2,1-2H3;8*1H4. The number of halogens is 1. The largest absolute Gasteiger partial charge is 0.0876 e. The second-order valence-corrected chi connectivity index (χ2v) is 12.2. The quantitative estimate of drug-likeness (QED) is 0.120. The smallest absolute Gasteiger partial charge is 0.0283 e. The van der Waals surface area contributed by atoms with Gasteiger partial charge >= 0.3 is 0 Å². The van der Waals surface area contributed by atoms with Crippen molar-refractivity contribution in [1.29, 1.82) is 0 Å². The zero-order valence-electron chi connectivity index (χ0n) is 26.0. The molecule has 4 aromatic carbocycles. The van der Waals surface area contributed by atoms with Crippen LogP contribution in [0, 0.1) is 0 Å². The van der Waals surface area contributed by atoms with Gasteiger partial charge in [-0.3, -0.25) is 0 Å². The van der Waals surface area contributed by atoms with E-state index in [2.05, 4.69) is 160 Å². The summed E-state index contributed by atoms with van der Waals surface area (Å²) in [6.07, 6.45) is 7.27. The van der Waals surface area contributed by atoms with Crippen LogP contribution in [0.1, 0.15) is 183 Å². The van der Waals surface area contributed by atoms with Crippen LogP contribution >= 0.6 is 15.9 Å². The van der Waals surface area contributed by atoms with E-state index < -0.39 is 0 Å². The first kappa shape index (κ1) is 58.6. The Balaban J connectivity index is -0.000000162. The predicted octanol–water partition coefficient (Wildman–Crippen LogP) is 17.7. The van der Waals surface area contributed by atoms with Crippen LogP contribution in [0.15, 0.2) is 109 Å². The lowest BCUT2D eigenvalue weighted by Gasteiger charge is -2.21. The summed E-state index contributed by atoms with van der Waals surface area (Å²) in [6, 6.07) is 40.1. The third-order valence-electron chi connectivity index (χ3n) is 8.59. The summed E-state index contributed by atoms with van der Waals surface area (Å²) < 4.78 is 0. The number of benzene rings is 4. The summed E-state index contributed by atoms with van der Waals surface area (Å²) in [6.45, 7) is 11.5. The Bertz CT molecular complexity index is 1210. The van der Waals surface area contributed by atoms with E-state index in [1.165, 1.54) is 71.9 Å². The van der Waals surface area contributed by atoms with Crippen molar-refractivity contribution in [2.45, 2.75) is 162 Å². The summed E-state index contributed by atoms with van der Waals surface area (Å²) in [5, 5.41) is 0.934. The van der Waals surface area contributed by atoms with E-state index in [9.17, 15) is 0 Å². The fourth-order valence-electron chi connectivity index (χ4n) is 5.89. The zero-order valence-corrected chi connectivity index (χ0v) is 27.6. The molecule has 0 aliphatic carbocycles. The molecule has 0 saturated heterocycles. The Morgan fingerprint density at radius 2 is 0.755 bits per heavy atom. The van der Waals surface area contributed by atoms with Gasteiger partial charge in [0.1, 0.15) is 0 Å².